The van der Waals surface area contributed by atoms with Crippen molar-refractivity contribution in [2.24, 2.45) is 0 Å². The van der Waals surface area contributed by atoms with Crippen LogP contribution < -0.4 is 10.1 Å². The summed E-state index contributed by atoms with van der Waals surface area (Å²) in [6.07, 6.45) is 1.21. The molecule has 1 aliphatic rings. The summed E-state index contributed by atoms with van der Waals surface area (Å²) >= 11 is 0. The van der Waals surface area contributed by atoms with E-state index in [0.717, 1.165) is 25.3 Å². The number of nitrogens with one attached hydrogen (secondary N) is 1. The molecular formula is C14H21NO2. The molecule has 0 bridgehead atoms. The molecule has 3 nitrogen and oxygen atoms in total. The van der Waals surface area contributed by atoms with Gasteiger partial charge < -0.3 is 14.8 Å². The Kier molecular flexibility index (Phi) is 4.40. The van der Waals surface area contributed by atoms with Gasteiger partial charge in [-0.25, -0.2) is 0 Å². The number of hydrogen-bond donors (Lipinski definition) is 1. The van der Waals surface area contributed by atoms with Crippen LogP contribution in [0.2, 0.25) is 0 Å². The molecule has 1 aromatic carbocycles. The van der Waals surface area contributed by atoms with Crippen LogP contribution in [0.4, 0.5) is 0 Å². The third-order valence-corrected chi connectivity index (χ3v) is 3.06. The van der Waals surface area contributed by atoms with E-state index >= 15 is 0 Å². The van der Waals surface area contributed by atoms with Crippen LogP contribution >= 0.6 is 0 Å². The molecule has 2 atom stereocenters. The molecule has 1 fully saturated rings. The fourth-order valence-corrected chi connectivity index (χ4v) is 2.08. The van der Waals surface area contributed by atoms with Gasteiger partial charge in [0.2, 0.25) is 0 Å². The first-order chi connectivity index (χ1) is 8.29. The minimum Gasteiger partial charge on any atom is -0.488 e. The molecule has 0 radical (unpaired) electrons. The summed E-state index contributed by atoms with van der Waals surface area (Å²) in [6.45, 7) is 6.79. The third-order valence-electron chi connectivity index (χ3n) is 3.06. The largest absolute Gasteiger partial charge is 0.488 e. The van der Waals surface area contributed by atoms with Crippen molar-refractivity contribution in [1.29, 1.82) is 0 Å². The van der Waals surface area contributed by atoms with Crippen molar-refractivity contribution in [1.82, 2.24) is 5.32 Å². The van der Waals surface area contributed by atoms with Gasteiger partial charge in [0.05, 0.1) is 13.2 Å². The van der Waals surface area contributed by atoms with Gasteiger partial charge in [-0.2, -0.15) is 0 Å². The zero-order valence-corrected chi connectivity index (χ0v) is 10.6. The maximum Gasteiger partial charge on any atom is 0.124 e. The summed E-state index contributed by atoms with van der Waals surface area (Å²) < 4.78 is 11.2. The highest BCUT2D eigenvalue weighted by molar-refractivity contribution is 5.30. The van der Waals surface area contributed by atoms with E-state index in [4.69, 9.17) is 9.47 Å². The van der Waals surface area contributed by atoms with Gasteiger partial charge in [0.25, 0.3) is 0 Å². The Labute approximate surface area is 103 Å². The molecule has 0 saturated carbocycles. The molecule has 1 aromatic rings. The average molecular weight is 235 g/mol. The van der Waals surface area contributed by atoms with Crippen LogP contribution in [0.25, 0.3) is 0 Å². The summed E-state index contributed by atoms with van der Waals surface area (Å²) in [5, 5.41) is 3.40. The maximum absolute atomic E-state index is 5.89. The summed E-state index contributed by atoms with van der Waals surface area (Å²) in [5.74, 6) is 0.947. The number of benzene rings is 1. The highest BCUT2D eigenvalue weighted by Gasteiger charge is 2.17. The van der Waals surface area contributed by atoms with Crippen LogP contribution in [-0.2, 0) is 4.74 Å². The first kappa shape index (κ1) is 12.4. The first-order valence-corrected chi connectivity index (χ1v) is 6.37. The van der Waals surface area contributed by atoms with E-state index in [-0.39, 0.29) is 6.10 Å². The van der Waals surface area contributed by atoms with Crippen LogP contribution in [0.1, 0.15) is 31.9 Å². The summed E-state index contributed by atoms with van der Waals surface area (Å²) in [5.41, 5.74) is 1.27. The van der Waals surface area contributed by atoms with Gasteiger partial charge in [0, 0.05) is 12.5 Å². The second-order valence-electron chi connectivity index (χ2n) is 4.46. The van der Waals surface area contributed by atoms with E-state index in [0.29, 0.717) is 12.6 Å². The van der Waals surface area contributed by atoms with Crippen molar-refractivity contribution in [2.75, 3.05) is 19.8 Å². The quantitative estimate of drug-likeness (QED) is 0.850. The van der Waals surface area contributed by atoms with E-state index in [1.54, 1.807) is 0 Å². The molecular weight excluding hydrogens is 214 g/mol. The Morgan fingerprint density at radius 1 is 1.53 bits per heavy atom. The van der Waals surface area contributed by atoms with Crippen molar-refractivity contribution in [2.45, 2.75) is 32.4 Å². The van der Waals surface area contributed by atoms with Crippen molar-refractivity contribution in [3.8, 4) is 5.75 Å². The fourth-order valence-electron chi connectivity index (χ4n) is 2.08. The molecule has 1 aliphatic heterocycles. The lowest BCUT2D eigenvalue weighted by Gasteiger charge is -2.16. The number of rotatable bonds is 5. The standard InChI is InChI=1S/C14H21NO2/c1-3-15-11(2)12-5-4-6-13(9-12)17-14-7-8-16-10-14/h4-6,9,11,14-15H,3,7-8,10H2,1-2H3. The lowest BCUT2D eigenvalue weighted by Crippen LogP contribution is -2.18. The lowest BCUT2D eigenvalue weighted by atomic mass is 10.1. The molecule has 0 aliphatic carbocycles. The van der Waals surface area contributed by atoms with Gasteiger partial charge in [-0.05, 0) is 31.2 Å². The van der Waals surface area contributed by atoms with Gasteiger partial charge in [-0.15, -0.1) is 0 Å². The SMILES string of the molecule is CCNC(C)c1cccc(OC2CCOC2)c1. The molecule has 2 unspecified atom stereocenters. The van der Waals surface area contributed by atoms with Crippen molar-refractivity contribution in [3.05, 3.63) is 29.8 Å². The smallest absolute Gasteiger partial charge is 0.124 e. The Bertz CT molecular complexity index is 348. The van der Waals surface area contributed by atoms with Gasteiger partial charge in [0.15, 0.2) is 0 Å². The molecule has 2 rings (SSSR count). The lowest BCUT2D eigenvalue weighted by molar-refractivity contribution is 0.141. The highest BCUT2D eigenvalue weighted by Crippen LogP contribution is 2.21. The minimum absolute atomic E-state index is 0.222. The summed E-state index contributed by atoms with van der Waals surface area (Å²) in [4.78, 5) is 0. The summed E-state index contributed by atoms with van der Waals surface area (Å²) in [6, 6.07) is 8.68. The van der Waals surface area contributed by atoms with Crippen LogP contribution in [0.3, 0.4) is 0 Å². The predicted molar refractivity (Wildman–Crippen MR) is 68.4 cm³/mol. The van der Waals surface area contributed by atoms with Crippen LogP contribution in [0, 0.1) is 0 Å². The molecule has 0 aromatic heterocycles. The Morgan fingerprint density at radius 3 is 3.12 bits per heavy atom. The first-order valence-electron chi connectivity index (χ1n) is 6.37. The van der Waals surface area contributed by atoms with Crippen LogP contribution in [0.5, 0.6) is 5.75 Å². The zero-order chi connectivity index (χ0) is 12.1. The van der Waals surface area contributed by atoms with Crippen molar-refractivity contribution in [3.63, 3.8) is 0 Å². The molecule has 1 heterocycles. The second-order valence-corrected chi connectivity index (χ2v) is 4.46. The maximum atomic E-state index is 5.89. The second kappa shape index (κ2) is 6.03. The van der Waals surface area contributed by atoms with E-state index in [1.807, 2.05) is 12.1 Å². The fraction of sp³-hybridized carbons (Fsp3) is 0.571. The molecule has 0 spiro atoms. The highest BCUT2D eigenvalue weighted by atomic mass is 16.5. The average Bonchev–Trinajstić information content (AvgIpc) is 2.82. The molecule has 17 heavy (non-hydrogen) atoms. The van der Waals surface area contributed by atoms with Gasteiger partial charge in [-0.1, -0.05) is 19.1 Å². The monoisotopic (exact) mass is 235 g/mol. The van der Waals surface area contributed by atoms with Crippen LogP contribution in [0.15, 0.2) is 24.3 Å². The van der Waals surface area contributed by atoms with E-state index in [1.165, 1.54) is 5.56 Å². The van der Waals surface area contributed by atoms with E-state index in [2.05, 4.69) is 31.3 Å². The zero-order valence-electron chi connectivity index (χ0n) is 10.6. The normalized spacial score (nSPS) is 21.4. The minimum atomic E-state index is 0.222. The molecule has 94 valence electrons. The molecule has 1 N–H and O–H groups in total. The van der Waals surface area contributed by atoms with E-state index < -0.39 is 0 Å². The molecule has 0 amide bonds. The van der Waals surface area contributed by atoms with Gasteiger partial charge in [-0.3, -0.25) is 0 Å². The topological polar surface area (TPSA) is 30.5 Å². The number of ether oxygens (including phenoxy) is 2. The van der Waals surface area contributed by atoms with Gasteiger partial charge in [0.1, 0.15) is 11.9 Å². The number of hydrogen-bond acceptors (Lipinski definition) is 3. The third kappa shape index (κ3) is 3.45. The Hall–Kier alpha value is -1.06. The van der Waals surface area contributed by atoms with E-state index in [9.17, 15) is 0 Å². The van der Waals surface area contributed by atoms with Gasteiger partial charge >= 0.3 is 0 Å². The summed E-state index contributed by atoms with van der Waals surface area (Å²) in [7, 11) is 0. The van der Waals surface area contributed by atoms with Crippen LogP contribution in [-0.4, -0.2) is 25.9 Å². The Morgan fingerprint density at radius 2 is 2.41 bits per heavy atom. The predicted octanol–water partition coefficient (Wildman–Crippen LogP) is 2.52. The molecule has 1 saturated heterocycles. The Balaban J connectivity index is 2.00. The van der Waals surface area contributed by atoms with Crippen molar-refractivity contribution < 1.29 is 9.47 Å². The van der Waals surface area contributed by atoms with Crippen molar-refractivity contribution >= 4 is 0 Å². The molecule has 3 heteroatoms.